The third-order valence-electron chi connectivity index (χ3n) is 5.95. The van der Waals surface area contributed by atoms with Gasteiger partial charge in [0.05, 0.1) is 0 Å². The normalized spacial score (nSPS) is 18.5. The second-order valence-electron chi connectivity index (χ2n) is 8.58. The smallest absolute Gasteiger partial charge is 0.319 e. The number of hydrogen-bond donors (Lipinski definition) is 3. The van der Waals surface area contributed by atoms with Gasteiger partial charge in [-0.1, -0.05) is 31.4 Å². The Kier molecular flexibility index (Phi) is 9.04. The number of halogens is 1. The molecule has 3 rings (SSSR count). The van der Waals surface area contributed by atoms with E-state index in [1.165, 1.54) is 44.1 Å². The van der Waals surface area contributed by atoms with Crippen molar-refractivity contribution in [2.45, 2.75) is 65.0 Å². The van der Waals surface area contributed by atoms with E-state index in [-0.39, 0.29) is 36.0 Å². The largest absolute Gasteiger partial charge is 0.352 e. The first-order chi connectivity index (χ1) is 13.5. The van der Waals surface area contributed by atoms with Crippen LogP contribution >= 0.6 is 24.0 Å². The lowest BCUT2D eigenvalue weighted by Gasteiger charge is -2.33. The molecule has 6 nitrogen and oxygen atoms in total. The first kappa shape index (κ1) is 23.8. The van der Waals surface area contributed by atoms with Crippen LogP contribution in [0.15, 0.2) is 29.3 Å². The van der Waals surface area contributed by atoms with E-state index in [4.69, 9.17) is 0 Å². The Morgan fingerprint density at radius 2 is 1.83 bits per heavy atom. The van der Waals surface area contributed by atoms with Gasteiger partial charge in [0, 0.05) is 38.4 Å². The minimum absolute atomic E-state index is 0. The Bertz CT molecular complexity index is 683. The summed E-state index contributed by atoms with van der Waals surface area (Å²) < 4.78 is 0. The van der Waals surface area contributed by atoms with Gasteiger partial charge in [-0.3, -0.25) is 4.99 Å². The molecular formula is C22H36IN5O. The highest BCUT2D eigenvalue weighted by Crippen LogP contribution is 2.43. The van der Waals surface area contributed by atoms with E-state index < -0.39 is 0 Å². The van der Waals surface area contributed by atoms with E-state index in [0.29, 0.717) is 5.41 Å². The van der Waals surface area contributed by atoms with Crippen LogP contribution in [0.3, 0.4) is 0 Å². The highest BCUT2D eigenvalue weighted by molar-refractivity contribution is 14.0. The average Bonchev–Trinajstić information content (AvgIpc) is 3.06. The summed E-state index contributed by atoms with van der Waals surface area (Å²) in [5.74, 6) is 1.00. The lowest BCUT2D eigenvalue weighted by atomic mass is 9.73. The summed E-state index contributed by atoms with van der Waals surface area (Å²) in [6, 6.07) is 7.90. The maximum absolute atomic E-state index is 11.8. The lowest BCUT2D eigenvalue weighted by Crippen LogP contribution is -2.41. The van der Waals surface area contributed by atoms with Crippen LogP contribution in [0.5, 0.6) is 0 Å². The molecule has 1 saturated carbocycles. The fourth-order valence-electron chi connectivity index (χ4n) is 4.47. The third kappa shape index (κ3) is 6.76. The van der Waals surface area contributed by atoms with Crippen LogP contribution in [0, 0.1) is 5.41 Å². The van der Waals surface area contributed by atoms with Gasteiger partial charge < -0.3 is 20.9 Å². The molecule has 1 aromatic rings. The van der Waals surface area contributed by atoms with Crippen LogP contribution in [-0.2, 0) is 6.54 Å². The van der Waals surface area contributed by atoms with Crippen molar-refractivity contribution in [2.24, 2.45) is 10.4 Å². The molecular weight excluding hydrogens is 477 g/mol. The van der Waals surface area contributed by atoms with Crippen molar-refractivity contribution < 1.29 is 4.79 Å². The molecule has 162 valence electrons. The standard InChI is InChI=1S/C22H35N5O.HI/c1-17(2)25-21(28)26-19-9-7-18(8-10-19)15-24-20(23-3)27-14-13-22(16-27)11-5-4-6-12-22;/h7-10,17H,4-6,11-16H2,1-3H3,(H,23,24)(H2,25,26,28);1H. The Balaban J connectivity index is 0.00000300. The molecule has 0 bridgehead atoms. The van der Waals surface area contributed by atoms with E-state index in [1.807, 2.05) is 45.2 Å². The number of anilines is 1. The highest BCUT2D eigenvalue weighted by atomic mass is 127. The van der Waals surface area contributed by atoms with Crippen LogP contribution in [0.2, 0.25) is 0 Å². The Morgan fingerprint density at radius 3 is 2.45 bits per heavy atom. The van der Waals surface area contributed by atoms with Crippen molar-refractivity contribution in [3.05, 3.63) is 29.8 Å². The second kappa shape index (κ2) is 11.0. The Morgan fingerprint density at radius 1 is 1.14 bits per heavy atom. The topological polar surface area (TPSA) is 68.8 Å². The molecule has 29 heavy (non-hydrogen) atoms. The lowest BCUT2D eigenvalue weighted by molar-refractivity contribution is 0.203. The summed E-state index contributed by atoms with van der Waals surface area (Å²) in [6.45, 7) is 6.86. The summed E-state index contributed by atoms with van der Waals surface area (Å²) in [6.07, 6.45) is 8.22. The summed E-state index contributed by atoms with van der Waals surface area (Å²) in [7, 11) is 1.87. The number of likely N-dealkylation sites (tertiary alicyclic amines) is 1. The summed E-state index contributed by atoms with van der Waals surface area (Å²) in [5.41, 5.74) is 2.49. The highest BCUT2D eigenvalue weighted by Gasteiger charge is 2.39. The van der Waals surface area contributed by atoms with E-state index in [9.17, 15) is 4.79 Å². The summed E-state index contributed by atoms with van der Waals surface area (Å²) >= 11 is 0. The van der Waals surface area contributed by atoms with Crippen LogP contribution in [-0.4, -0.2) is 43.1 Å². The van der Waals surface area contributed by atoms with Crippen molar-refractivity contribution in [3.63, 3.8) is 0 Å². The molecule has 1 saturated heterocycles. The van der Waals surface area contributed by atoms with Crippen molar-refractivity contribution in [2.75, 3.05) is 25.5 Å². The molecule has 2 fully saturated rings. The predicted molar refractivity (Wildman–Crippen MR) is 131 cm³/mol. The maximum Gasteiger partial charge on any atom is 0.319 e. The second-order valence-corrected chi connectivity index (χ2v) is 8.58. The molecule has 0 unspecified atom stereocenters. The molecule has 2 amide bonds. The number of benzene rings is 1. The molecule has 0 atom stereocenters. The monoisotopic (exact) mass is 513 g/mol. The zero-order chi connectivity index (χ0) is 20.0. The molecule has 3 N–H and O–H groups in total. The molecule has 0 aromatic heterocycles. The van der Waals surface area contributed by atoms with Gasteiger partial charge in [-0.25, -0.2) is 4.79 Å². The van der Waals surface area contributed by atoms with Gasteiger partial charge in [-0.05, 0) is 56.2 Å². The van der Waals surface area contributed by atoms with Crippen molar-refractivity contribution in [3.8, 4) is 0 Å². The third-order valence-corrected chi connectivity index (χ3v) is 5.95. The molecule has 1 spiro atoms. The molecule has 2 aliphatic rings. The fourth-order valence-corrected chi connectivity index (χ4v) is 4.47. The van der Waals surface area contributed by atoms with E-state index >= 15 is 0 Å². The predicted octanol–water partition coefficient (Wildman–Crippen LogP) is 4.57. The van der Waals surface area contributed by atoms with E-state index in [0.717, 1.165) is 31.3 Å². The quantitative estimate of drug-likeness (QED) is 0.314. The van der Waals surface area contributed by atoms with Gasteiger partial charge in [-0.15, -0.1) is 24.0 Å². The number of carbonyl (C=O) groups is 1. The number of carbonyl (C=O) groups excluding carboxylic acids is 1. The number of hydrogen-bond acceptors (Lipinski definition) is 2. The molecule has 1 aliphatic carbocycles. The van der Waals surface area contributed by atoms with Gasteiger partial charge in [0.25, 0.3) is 0 Å². The van der Waals surface area contributed by atoms with E-state index in [2.05, 4.69) is 25.8 Å². The van der Waals surface area contributed by atoms with Gasteiger partial charge in [0.2, 0.25) is 0 Å². The minimum atomic E-state index is -0.174. The summed E-state index contributed by atoms with van der Waals surface area (Å²) in [4.78, 5) is 18.7. The number of aliphatic imine (C=N–C) groups is 1. The number of nitrogens with zero attached hydrogens (tertiary/aromatic N) is 2. The van der Waals surface area contributed by atoms with Crippen LogP contribution in [0.1, 0.15) is 57.9 Å². The number of amides is 2. The van der Waals surface area contributed by atoms with E-state index in [1.54, 1.807) is 0 Å². The first-order valence-electron chi connectivity index (χ1n) is 10.6. The van der Waals surface area contributed by atoms with Crippen LogP contribution in [0.25, 0.3) is 0 Å². The molecule has 7 heteroatoms. The van der Waals surface area contributed by atoms with Crippen LogP contribution < -0.4 is 16.0 Å². The average molecular weight is 513 g/mol. The first-order valence-corrected chi connectivity index (χ1v) is 10.6. The Labute approximate surface area is 192 Å². The van der Waals surface area contributed by atoms with Crippen LogP contribution in [0.4, 0.5) is 10.5 Å². The van der Waals surface area contributed by atoms with Crippen molar-refractivity contribution in [1.82, 2.24) is 15.5 Å². The molecule has 0 radical (unpaired) electrons. The fraction of sp³-hybridized carbons (Fsp3) is 0.636. The van der Waals surface area contributed by atoms with Gasteiger partial charge in [0.1, 0.15) is 0 Å². The van der Waals surface area contributed by atoms with Gasteiger partial charge in [-0.2, -0.15) is 0 Å². The number of urea groups is 1. The summed E-state index contributed by atoms with van der Waals surface area (Å²) in [5, 5.41) is 9.19. The molecule has 1 aromatic carbocycles. The van der Waals surface area contributed by atoms with Gasteiger partial charge >= 0.3 is 6.03 Å². The maximum atomic E-state index is 11.8. The molecule has 1 aliphatic heterocycles. The number of guanidine groups is 1. The number of nitrogens with one attached hydrogen (secondary N) is 3. The van der Waals surface area contributed by atoms with Gasteiger partial charge in [0.15, 0.2) is 5.96 Å². The SMILES string of the molecule is CN=C(NCc1ccc(NC(=O)NC(C)C)cc1)N1CCC2(CCCCC2)C1.I. The number of rotatable bonds is 4. The minimum Gasteiger partial charge on any atom is -0.352 e. The zero-order valence-corrected chi connectivity index (χ0v) is 20.3. The molecule has 1 heterocycles. The van der Waals surface area contributed by atoms with Crippen molar-refractivity contribution in [1.29, 1.82) is 0 Å². The van der Waals surface area contributed by atoms with Crippen molar-refractivity contribution >= 4 is 41.7 Å². The Hall–Kier alpha value is -1.51. The zero-order valence-electron chi connectivity index (χ0n) is 18.0.